The molecule has 0 aliphatic heterocycles. The molecule has 0 bridgehead atoms. The maximum atomic E-state index is 12.1. The van der Waals surface area contributed by atoms with Gasteiger partial charge in [0.1, 0.15) is 5.69 Å². The minimum atomic E-state index is -4.98. The van der Waals surface area contributed by atoms with Crippen LogP contribution < -0.4 is 5.56 Å². The molecule has 0 saturated carbocycles. The fraction of sp³-hybridized carbons (Fsp3) is 0.286. The number of rotatable bonds is 1. The molecule has 1 aromatic rings. The van der Waals surface area contributed by atoms with E-state index in [2.05, 4.69) is 0 Å². The molecule has 0 unspecified atom stereocenters. The second-order valence-electron chi connectivity index (χ2n) is 2.45. The Bertz CT molecular complexity index is 380. The number of halogens is 5. The van der Waals surface area contributed by atoms with Gasteiger partial charge in [-0.05, 0) is 6.07 Å². The van der Waals surface area contributed by atoms with Crippen LogP contribution >= 0.6 is 0 Å². The second-order valence-corrected chi connectivity index (χ2v) is 2.45. The van der Waals surface area contributed by atoms with E-state index < -0.39 is 29.4 Å². The third-order valence-electron chi connectivity index (χ3n) is 1.47. The van der Waals surface area contributed by atoms with E-state index in [4.69, 9.17) is 0 Å². The Hall–Kier alpha value is -1.40. The summed E-state index contributed by atoms with van der Waals surface area (Å²) in [5, 5.41) is 0. The van der Waals surface area contributed by atoms with Gasteiger partial charge in [-0.1, -0.05) is 0 Å². The summed E-state index contributed by atoms with van der Waals surface area (Å²) in [5.41, 5.74) is -3.99. The Kier molecular flexibility index (Phi) is 2.59. The number of pyridine rings is 1. The number of alkyl halides is 5. The van der Waals surface area contributed by atoms with Gasteiger partial charge in [0.15, 0.2) is 0 Å². The highest BCUT2D eigenvalue weighted by Gasteiger charge is 2.36. The lowest BCUT2D eigenvalue weighted by atomic mass is 10.2. The van der Waals surface area contributed by atoms with E-state index in [1.165, 1.54) is 4.98 Å². The van der Waals surface area contributed by atoms with E-state index in [1.54, 1.807) is 0 Å². The largest absolute Gasteiger partial charge is 0.431 e. The minimum Gasteiger partial charge on any atom is -0.318 e. The van der Waals surface area contributed by atoms with Crippen LogP contribution in [-0.2, 0) is 6.18 Å². The van der Waals surface area contributed by atoms with Crippen LogP contribution in [0.3, 0.4) is 0 Å². The van der Waals surface area contributed by atoms with Gasteiger partial charge in [-0.2, -0.15) is 13.2 Å². The van der Waals surface area contributed by atoms with Crippen molar-refractivity contribution in [3.63, 3.8) is 0 Å². The predicted molar refractivity (Wildman–Crippen MR) is 37.0 cm³/mol. The number of aromatic amines is 1. The molecule has 1 heterocycles. The van der Waals surface area contributed by atoms with Gasteiger partial charge in [0, 0.05) is 11.6 Å². The smallest absolute Gasteiger partial charge is 0.318 e. The summed E-state index contributed by atoms with van der Waals surface area (Å²) in [5.74, 6) is 0. The lowest BCUT2D eigenvalue weighted by Crippen LogP contribution is -2.18. The van der Waals surface area contributed by atoms with Crippen molar-refractivity contribution in [2.75, 3.05) is 0 Å². The molecule has 0 aliphatic carbocycles. The predicted octanol–water partition coefficient (Wildman–Crippen LogP) is 2.33. The lowest BCUT2D eigenvalue weighted by molar-refractivity contribution is -0.143. The van der Waals surface area contributed by atoms with E-state index in [0.29, 0.717) is 12.1 Å². The summed E-state index contributed by atoms with van der Waals surface area (Å²) >= 11 is 0. The SMILES string of the molecule is O=c1ccc(C(F)F)c(C(F)(F)F)[nH]1. The van der Waals surface area contributed by atoms with Crippen LogP contribution in [-0.4, -0.2) is 4.98 Å². The van der Waals surface area contributed by atoms with Crippen molar-refractivity contribution >= 4 is 0 Å². The molecule has 2 nitrogen and oxygen atoms in total. The fourth-order valence-electron chi connectivity index (χ4n) is 0.902. The highest BCUT2D eigenvalue weighted by molar-refractivity contribution is 5.23. The molecule has 14 heavy (non-hydrogen) atoms. The van der Waals surface area contributed by atoms with Crippen molar-refractivity contribution in [1.82, 2.24) is 4.98 Å². The third kappa shape index (κ3) is 2.09. The molecule has 1 rings (SSSR count). The van der Waals surface area contributed by atoms with Gasteiger partial charge in [-0.15, -0.1) is 0 Å². The Morgan fingerprint density at radius 1 is 1.21 bits per heavy atom. The van der Waals surface area contributed by atoms with Crippen molar-refractivity contribution in [1.29, 1.82) is 0 Å². The number of nitrogens with one attached hydrogen (secondary N) is 1. The first-order valence-corrected chi connectivity index (χ1v) is 3.41. The maximum absolute atomic E-state index is 12.1. The Balaban J connectivity index is 3.38. The van der Waals surface area contributed by atoms with Gasteiger partial charge in [-0.25, -0.2) is 8.78 Å². The molecule has 1 aromatic heterocycles. The molecule has 0 saturated heterocycles. The Morgan fingerprint density at radius 3 is 2.21 bits per heavy atom. The quantitative estimate of drug-likeness (QED) is 0.713. The van der Waals surface area contributed by atoms with Crippen LogP contribution in [0.25, 0.3) is 0 Å². The molecule has 0 spiro atoms. The van der Waals surface area contributed by atoms with E-state index >= 15 is 0 Å². The minimum absolute atomic E-state index is 0.465. The zero-order valence-electron chi connectivity index (χ0n) is 6.53. The standard InChI is InChI=1S/C7H4F5NO/c8-6(9)3-1-2-4(14)13-5(3)7(10,11)12/h1-2,6H,(H,13,14). The average molecular weight is 213 g/mol. The van der Waals surface area contributed by atoms with Crippen LogP contribution in [0, 0.1) is 0 Å². The van der Waals surface area contributed by atoms with Crippen molar-refractivity contribution in [3.8, 4) is 0 Å². The van der Waals surface area contributed by atoms with E-state index in [0.717, 1.165) is 0 Å². The summed E-state index contributed by atoms with van der Waals surface area (Å²) in [6, 6.07) is 1.09. The molecule has 78 valence electrons. The first kappa shape index (κ1) is 10.7. The molecule has 7 heteroatoms. The fourth-order valence-corrected chi connectivity index (χ4v) is 0.902. The van der Waals surface area contributed by atoms with Crippen molar-refractivity contribution in [3.05, 3.63) is 33.7 Å². The van der Waals surface area contributed by atoms with Crippen LogP contribution in [0.5, 0.6) is 0 Å². The molecule has 0 aliphatic rings. The van der Waals surface area contributed by atoms with Crippen LogP contribution in [0.2, 0.25) is 0 Å². The van der Waals surface area contributed by atoms with Gasteiger partial charge in [0.25, 0.3) is 6.43 Å². The summed E-state index contributed by atoms with van der Waals surface area (Å²) in [4.78, 5) is 11.8. The highest BCUT2D eigenvalue weighted by Crippen LogP contribution is 2.33. The van der Waals surface area contributed by atoms with Crippen molar-refractivity contribution in [2.24, 2.45) is 0 Å². The normalized spacial score (nSPS) is 12.1. The summed E-state index contributed by atoms with van der Waals surface area (Å²) in [7, 11) is 0. The van der Waals surface area contributed by atoms with Gasteiger partial charge in [-0.3, -0.25) is 4.79 Å². The van der Waals surface area contributed by atoms with E-state index in [1.807, 2.05) is 0 Å². The number of aromatic nitrogens is 1. The Labute approximate surface area is 74.4 Å². The monoisotopic (exact) mass is 213 g/mol. The molecule has 0 atom stereocenters. The molecule has 0 aromatic carbocycles. The zero-order chi connectivity index (χ0) is 10.9. The van der Waals surface area contributed by atoms with E-state index in [-0.39, 0.29) is 0 Å². The first-order valence-electron chi connectivity index (χ1n) is 3.41. The molecular weight excluding hydrogens is 209 g/mol. The van der Waals surface area contributed by atoms with E-state index in [9.17, 15) is 26.7 Å². The summed E-state index contributed by atoms with van der Waals surface area (Å²) < 4.78 is 60.4. The third-order valence-corrected chi connectivity index (χ3v) is 1.47. The molecule has 1 N–H and O–H groups in total. The summed E-state index contributed by atoms with van der Waals surface area (Å²) in [6.07, 6.45) is -8.25. The van der Waals surface area contributed by atoms with Crippen molar-refractivity contribution < 1.29 is 22.0 Å². The second kappa shape index (κ2) is 3.39. The summed E-state index contributed by atoms with van der Waals surface area (Å²) in [6.45, 7) is 0. The molecular formula is C7H4F5NO. The topological polar surface area (TPSA) is 32.9 Å². The number of H-pyrrole nitrogens is 1. The van der Waals surface area contributed by atoms with Gasteiger partial charge in [0.2, 0.25) is 5.56 Å². The lowest BCUT2D eigenvalue weighted by Gasteiger charge is -2.10. The first-order chi connectivity index (χ1) is 6.32. The zero-order valence-corrected chi connectivity index (χ0v) is 6.53. The highest BCUT2D eigenvalue weighted by atomic mass is 19.4. The van der Waals surface area contributed by atoms with Gasteiger partial charge in [0.05, 0.1) is 0 Å². The van der Waals surface area contributed by atoms with Crippen LogP contribution in [0.1, 0.15) is 17.7 Å². The molecule has 0 radical (unpaired) electrons. The maximum Gasteiger partial charge on any atom is 0.431 e. The molecule has 0 amide bonds. The Morgan fingerprint density at radius 2 is 1.79 bits per heavy atom. The van der Waals surface area contributed by atoms with Crippen molar-refractivity contribution in [2.45, 2.75) is 12.6 Å². The number of hydrogen-bond donors (Lipinski definition) is 1. The van der Waals surface area contributed by atoms with Crippen LogP contribution in [0.4, 0.5) is 22.0 Å². The average Bonchev–Trinajstić information content (AvgIpc) is 2.01. The molecule has 0 fully saturated rings. The van der Waals surface area contributed by atoms with Gasteiger partial charge < -0.3 is 4.98 Å². The van der Waals surface area contributed by atoms with Gasteiger partial charge >= 0.3 is 6.18 Å². The van der Waals surface area contributed by atoms with Crippen LogP contribution in [0.15, 0.2) is 16.9 Å². The number of hydrogen-bond acceptors (Lipinski definition) is 1.